The quantitative estimate of drug-likeness (QED) is 0.437. The molecular weight excluding hydrogens is 256 g/mol. The number of rotatable bonds is 7. The Morgan fingerprint density at radius 2 is 2.00 bits per heavy atom. The largest absolute Gasteiger partial charge is 0.461 e. The van der Waals surface area contributed by atoms with Gasteiger partial charge in [-0.05, 0) is 31.9 Å². The van der Waals surface area contributed by atoms with Crippen molar-refractivity contribution in [3.05, 3.63) is 42.0 Å². The number of carbonyl (C=O) groups is 1. The minimum atomic E-state index is -0.822. The molecule has 1 unspecified atom stereocenters. The van der Waals surface area contributed by atoms with Crippen molar-refractivity contribution in [2.24, 2.45) is 0 Å². The highest BCUT2D eigenvalue weighted by Gasteiger charge is 2.12. The molecule has 0 heterocycles. The summed E-state index contributed by atoms with van der Waals surface area (Å²) in [6, 6.07) is 9.69. The minimum Gasteiger partial charge on any atom is -0.461 e. The number of ether oxygens (including phenoxy) is 1. The van der Waals surface area contributed by atoms with Gasteiger partial charge in [0.25, 0.3) is 0 Å². The Labute approximate surface area is 117 Å². The van der Waals surface area contributed by atoms with E-state index in [0.29, 0.717) is 0 Å². The Morgan fingerprint density at radius 1 is 1.32 bits per heavy atom. The summed E-state index contributed by atoms with van der Waals surface area (Å²) in [5.74, 6) is -0.296. The van der Waals surface area contributed by atoms with Crippen LogP contribution < -0.4 is 0 Å². The molecule has 0 saturated carbocycles. The molecule has 0 amide bonds. The van der Waals surface area contributed by atoms with Crippen LogP contribution in [-0.2, 0) is 14.0 Å². The first kappa shape index (κ1) is 15.7. The van der Waals surface area contributed by atoms with E-state index in [2.05, 4.69) is 0 Å². The molecular formula is C15H22O3Si. The summed E-state index contributed by atoms with van der Waals surface area (Å²) < 4.78 is 11.0. The van der Waals surface area contributed by atoms with Gasteiger partial charge in [0, 0.05) is 12.2 Å². The van der Waals surface area contributed by atoms with E-state index in [1.807, 2.05) is 51.1 Å². The predicted octanol–water partition coefficient (Wildman–Crippen LogP) is 2.49. The van der Waals surface area contributed by atoms with E-state index in [1.54, 1.807) is 6.08 Å². The van der Waals surface area contributed by atoms with Gasteiger partial charge < -0.3 is 9.16 Å². The van der Waals surface area contributed by atoms with Gasteiger partial charge in [0.15, 0.2) is 0 Å². The Bertz CT molecular complexity index is 401. The Kier molecular flexibility index (Phi) is 7.14. The van der Waals surface area contributed by atoms with Crippen molar-refractivity contribution in [2.75, 3.05) is 0 Å². The van der Waals surface area contributed by atoms with Gasteiger partial charge in [-0.2, -0.15) is 0 Å². The molecule has 0 saturated heterocycles. The SMILES string of the molecule is CCC(OC(=O)/C=C/c1ccccc1)[SiH2]OC(C)C. The highest BCUT2D eigenvalue weighted by atomic mass is 28.2. The lowest BCUT2D eigenvalue weighted by Gasteiger charge is -2.16. The zero-order chi connectivity index (χ0) is 14.1. The van der Waals surface area contributed by atoms with Crippen molar-refractivity contribution in [3.8, 4) is 0 Å². The van der Waals surface area contributed by atoms with Gasteiger partial charge >= 0.3 is 5.97 Å². The van der Waals surface area contributed by atoms with Crippen molar-refractivity contribution >= 4 is 21.8 Å². The topological polar surface area (TPSA) is 35.5 Å². The highest BCUT2D eigenvalue weighted by Crippen LogP contribution is 2.04. The maximum absolute atomic E-state index is 11.7. The lowest BCUT2D eigenvalue weighted by Crippen LogP contribution is -2.27. The molecule has 19 heavy (non-hydrogen) atoms. The van der Waals surface area contributed by atoms with E-state index in [4.69, 9.17) is 9.16 Å². The van der Waals surface area contributed by atoms with Crippen LogP contribution >= 0.6 is 0 Å². The maximum Gasteiger partial charge on any atom is 0.330 e. The fourth-order valence-corrected chi connectivity index (χ4v) is 2.53. The first-order valence-electron chi connectivity index (χ1n) is 6.67. The molecule has 1 aromatic carbocycles. The summed E-state index contributed by atoms with van der Waals surface area (Å²) in [5.41, 5.74) is 0.943. The molecule has 0 N–H and O–H groups in total. The molecule has 4 heteroatoms. The summed E-state index contributed by atoms with van der Waals surface area (Å²) in [6.07, 6.45) is 4.25. The lowest BCUT2D eigenvalue weighted by molar-refractivity contribution is -0.140. The molecule has 1 rings (SSSR count). The van der Waals surface area contributed by atoms with E-state index in [-0.39, 0.29) is 17.8 Å². The van der Waals surface area contributed by atoms with Crippen LogP contribution in [0.15, 0.2) is 36.4 Å². The number of hydrogen-bond donors (Lipinski definition) is 0. The third-order valence-corrected chi connectivity index (χ3v) is 4.54. The molecule has 0 aliphatic carbocycles. The maximum atomic E-state index is 11.7. The van der Waals surface area contributed by atoms with Crippen molar-refractivity contribution in [1.82, 2.24) is 0 Å². The molecule has 1 aromatic rings. The van der Waals surface area contributed by atoms with E-state index in [0.717, 1.165) is 12.0 Å². The second-order valence-electron chi connectivity index (χ2n) is 4.59. The van der Waals surface area contributed by atoms with Crippen molar-refractivity contribution < 1.29 is 14.0 Å². The predicted molar refractivity (Wildman–Crippen MR) is 80.4 cm³/mol. The van der Waals surface area contributed by atoms with Crippen LogP contribution in [0.4, 0.5) is 0 Å². The molecule has 0 radical (unpaired) electrons. The second-order valence-corrected chi connectivity index (χ2v) is 6.17. The summed E-state index contributed by atoms with van der Waals surface area (Å²) in [5, 5.41) is 0. The van der Waals surface area contributed by atoms with E-state index < -0.39 is 9.76 Å². The van der Waals surface area contributed by atoms with Gasteiger partial charge in [0.05, 0.1) is 0 Å². The van der Waals surface area contributed by atoms with Gasteiger partial charge in [-0.15, -0.1) is 0 Å². The number of carbonyl (C=O) groups excluding carboxylic acids is 1. The normalized spacial score (nSPS) is 13.5. The van der Waals surface area contributed by atoms with Crippen LogP contribution in [0, 0.1) is 0 Å². The first-order chi connectivity index (χ1) is 9.11. The van der Waals surface area contributed by atoms with Gasteiger partial charge in [0.1, 0.15) is 5.73 Å². The van der Waals surface area contributed by atoms with Gasteiger partial charge in [0.2, 0.25) is 9.76 Å². The molecule has 0 fully saturated rings. The molecule has 0 aliphatic rings. The Morgan fingerprint density at radius 3 is 2.58 bits per heavy atom. The van der Waals surface area contributed by atoms with Crippen molar-refractivity contribution in [2.45, 2.75) is 39.0 Å². The number of hydrogen-bond acceptors (Lipinski definition) is 3. The van der Waals surface area contributed by atoms with Gasteiger partial charge in [-0.1, -0.05) is 37.3 Å². The zero-order valence-electron chi connectivity index (χ0n) is 11.8. The Balaban J connectivity index is 2.42. The van der Waals surface area contributed by atoms with Crippen LogP contribution in [0.5, 0.6) is 0 Å². The highest BCUT2D eigenvalue weighted by molar-refractivity contribution is 6.29. The lowest BCUT2D eigenvalue weighted by atomic mass is 10.2. The molecule has 0 spiro atoms. The average molecular weight is 278 g/mol. The molecule has 3 nitrogen and oxygen atoms in total. The van der Waals surface area contributed by atoms with Crippen LogP contribution in [0.25, 0.3) is 6.08 Å². The zero-order valence-corrected chi connectivity index (χ0v) is 13.2. The van der Waals surface area contributed by atoms with E-state index in [9.17, 15) is 4.79 Å². The number of esters is 1. The Hall–Kier alpha value is -1.39. The summed E-state index contributed by atoms with van der Waals surface area (Å²) in [4.78, 5) is 11.7. The van der Waals surface area contributed by atoms with Crippen LogP contribution in [0.3, 0.4) is 0 Å². The van der Waals surface area contributed by atoms with Gasteiger partial charge in [-0.25, -0.2) is 4.79 Å². The van der Waals surface area contributed by atoms with Crippen molar-refractivity contribution in [3.63, 3.8) is 0 Å². The smallest absolute Gasteiger partial charge is 0.330 e. The third kappa shape index (κ3) is 6.93. The number of benzene rings is 1. The summed E-state index contributed by atoms with van der Waals surface area (Å²) in [7, 11) is -0.822. The molecule has 0 bridgehead atoms. The van der Waals surface area contributed by atoms with Gasteiger partial charge in [-0.3, -0.25) is 0 Å². The van der Waals surface area contributed by atoms with E-state index >= 15 is 0 Å². The average Bonchev–Trinajstić information content (AvgIpc) is 2.42. The van der Waals surface area contributed by atoms with E-state index in [1.165, 1.54) is 6.08 Å². The summed E-state index contributed by atoms with van der Waals surface area (Å²) >= 11 is 0. The molecule has 104 valence electrons. The van der Waals surface area contributed by atoms with Crippen LogP contribution in [0.1, 0.15) is 32.8 Å². The minimum absolute atomic E-state index is 0.0460. The first-order valence-corrected chi connectivity index (χ1v) is 8.06. The molecule has 0 aliphatic heterocycles. The standard InChI is InChI=1S/C15H22O3Si/c1-4-15(19-18-12(2)3)17-14(16)11-10-13-8-6-5-7-9-13/h5-12,15H,4,19H2,1-3H3/b11-10+. The van der Waals surface area contributed by atoms with Crippen LogP contribution in [-0.4, -0.2) is 27.6 Å². The second kappa shape index (κ2) is 8.66. The molecule has 0 aromatic heterocycles. The molecule has 1 atom stereocenters. The fourth-order valence-electron chi connectivity index (χ4n) is 1.47. The van der Waals surface area contributed by atoms with Crippen molar-refractivity contribution in [1.29, 1.82) is 0 Å². The third-order valence-electron chi connectivity index (χ3n) is 2.57. The monoisotopic (exact) mass is 278 g/mol. The summed E-state index contributed by atoms with van der Waals surface area (Å²) in [6.45, 7) is 6.00. The fraction of sp³-hybridized carbons (Fsp3) is 0.400. The van der Waals surface area contributed by atoms with Crippen LogP contribution in [0.2, 0.25) is 0 Å².